The Bertz CT molecular complexity index is 995. The maximum atomic E-state index is 13.7. The first kappa shape index (κ1) is 20.1. The van der Waals surface area contributed by atoms with Crippen molar-refractivity contribution in [3.05, 3.63) is 77.9 Å². The van der Waals surface area contributed by atoms with Crippen LogP contribution in [-0.4, -0.2) is 31.7 Å². The van der Waals surface area contributed by atoms with E-state index in [-0.39, 0.29) is 17.4 Å². The van der Waals surface area contributed by atoms with Crippen molar-refractivity contribution in [3.63, 3.8) is 0 Å². The van der Waals surface area contributed by atoms with E-state index in [1.807, 2.05) is 12.1 Å². The largest absolute Gasteiger partial charge is 0.497 e. The van der Waals surface area contributed by atoms with Crippen molar-refractivity contribution < 1.29 is 18.7 Å². The van der Waals surface area contributed by atoms with Gasteiger partial charge in [-0.1, -0.05) is 18.2 Å². The molecule has 7 heteroatoms. The summed E-state index contributed by atoms with van der Waals surface area (Å²) in [7, 11) is 3.16. The molecule has 0 spiro atoms. The van der Waals surface area contributed by atoms with E-state index in [1.165, 1.54) is 6.07 Å². The molecule has 150 valence electrons. The zero-order valence-corrected chi connectivity index (χ0v) is 16.2. The smallest absolute Gasteiger partial charge is 0.269 e. The van der Waals surface area contributed by atoms with E-state index in [4.69, 9.17) is 9.47 Å². The molecular weight excluding hydrogens is 373 g/mol. The van der Waals surface area contributed by atoms with Crippen LogP contribution in [0.25, 0.3) is 0 Å². The molecule has 1 heterocycles. The lowest BCUT2D eigenvalue weighted by atomic mass is 10.1. The second-order valence-corrected chi connectivity index (χ2v) is 6.22. The van der Waals surface area contributed by atoms with Crippen LogP contribution in [0.1, 0.15) is 16.1 Å². The molecule has 0 saturated heterocycles. The highest BCUT2D eigenvalue weighted by molar-refractivity contribution is 5.93. The third-order valence-electron chi connectivity index (χ3n) is 4.32. The van der Waals surface area contributed by atoms with E-state index in [1.54, 1.807) is 56.8 Å². The molecule has 2 N–H and O–H groups in total. The molecule has 6 nitrogen and oxygen atoms in total. The summed E-state index contributed by atoms with van der Waals surface area (Å²) in [6.45, 7) is 0.311. The van der Waals surface area contributed by atoms with Gasteiger partial charge in [-0.3, -0.25) is 9.78 Å². The quantitative estimate of drug-likeness (QED) is 0.604. The minimum Gasteiger partial charge on any atom is -0.497 e. The fourth-order valence-electron chi connectivity index (χ4n) is 2.79. The summed E-state index contributed by atoms with van der Waals surface area (Å²) in [6, 6.07) is 15.3. The van der Waals surface area contributed by atoms with Crippen molar-refractivity contribution in [1.82, 2.24) is 10.3 Å². The summed E-state index contributed by atoms with van der Waals surface area (Å²) in [5.41, 5.74) is 2.23. The van der Waals surface area contributed by atoms with E-state index >= 15 is 0 Å². The fourth-order valence-corrected chi connectivity index (χ4v) is 2.79. The number of carbonyl (C=O) groups excluding carboxylic acids is 1. The first-order chi connectivity index (χ1) is 14.1. The number of methoxy groups -OCH3 is 2. The second-order valence-electron chi connectivity index (χ2n) is 6.22. The van der Waals surface area contributed by atoms with E-state index in [2.05, 4.69) is 15.6 Å². The number of carbonyl (C=O) groups is 1. The lowest BCUT2D eigenvalue weighted by molar-refractivity contribution is 0.0949. The van der Waals surface area contributed by atoms with Gasteiger partial charge in [0, 0.05) is 24.5 Å². The van der Waals surface area contributed by atoms with Crippen LogP contribution in [0.5, 0.6) is 11.5 Å². The van der Waals surface area contributed by atoms with Crippen molar-refractivity contribution in [3.8, 4) is 11.5 Å². The van der Waals surface area contributed by atoms with Gasteiger partial charge in [0.1, 0.15) is 23.0 Å². The number of nitrogens with one attached hydrogen (secondary N) is 2. The minimum atomic E-state index is -0.327. The Labute approximate surface area is 168 Å². The predicted molar refractivity (Wildman–Crippen MR) is 110 cm³/mol. The summed E-state index contributed by atoms with van der Waals surface area (Å²) in [6.07, 6.45) is 1.95. The van der Waals surface area contributed by atoms with Crippen molar-refractivity contribution in [1.29, 1.82) is 0 Å². The van der Waals surface area contributed by atoms with Crippen LogP contribution in [0.2, 0.25) is 0 Å². The molecule has 1 aromatic heterocycles. The topological polar surface area (TPSA) is 72.5 Å². The van der Waals surface area contributed by atoms with Gasteiger partial charge in [0.15, 0.2) is 0 Å². The Morgan fingerprint density at radius 2 is 1.90 bits per heavy atom. The van der Waals surface area contributed by atoms with Crippen LogP contribution in [0, 0.1) is 5.82 Å². The molecule has 0 radical (unpaired) electrons. The number of halogens is 1. The Morgan fingerprint density at radius 3 is 2.66 bits per heavy atom. The number of hydrogen-bond donors (Lipinski definition) is 2. The lowest BCUT2D eigenvalue weighted by Crippen LogP contribution is -2.26. The number of aromatic nitrogens is 1. The summed E-state index contributed by atoms with van der Waals surface area (Å²) >= 11 is 0. The maximum Gasteiger partial charge on any atom is 0.269 e. The summed E-state index contributed by atoms with van der Waals surface area (Å²) < 4.78 is 24.2. The van der Waals surface area contributed by atoms with Gasteiger partial charge in [-0.25, -0.2) is 4.39 Å². The SMILES string of the molecule is COc1ccc(Nc2ccnc(C(=O)NCCc3ccccc3F)c2)c(OC)c1. The van der Waals surface area contributed by atoms with Crippen molar-refractivity contribution in [2.45, 2.75) is 6.42 Å². The second kappa shape index (κ2) is 9.54. The van der Waals surface area contributed by atoms with Gasteiger partial charge < -0.3 is 20.1 Å². The number of nitrogens with zero attached hydrogens (tertiary/aromatic N) is 1. The number of ether oxygens (including phenoxy) is 2. The molecule has 0 fully saturated rings. The van der Waals surface area contributed by atoms with Crippen LogP contribution in [0.4, 0.5) is 15.8 Å². The fraction of sp³-hybridized carbons (Fsp3) is 0.182. The summed E-state index contributed by atoms with van der Waals surface area (Å²) in [4.78, 5) is 16.5. The van der Waals surface area contributed by atoms with Crippen LogP contribution in [0.15, 0.2) is 60.8 Å². The van der Waals surface area contributed by atoms with Crippen LogP contribution < -0.4 is 20.1 Å². The highest BCUT2D eigenvalue weighted by Gasteiger charge is 2.10. The van der Waals surface area contributed by atoms with E-state index in [9.17, 15) is 9.18 Å². The van der Waals surface area contributed by atoms with Crippen LogP contribution >= 0.6 is 0 Å². The molecule has 0 bridgehead atoms. The van der Waals surface area contributed by atoms with Crippen LogP contribution in [-0.2, 0) is 6.42 Å². The summed E-state index contributed by atoms with van der Waals surface area (Å²) in [5, 5.41) is 5.98. The minimum absolute atomic E-state index is 0.260. The van der Waals surface area contributed by atoms with Gasteiger partial charge in [-0.05, 0) is 42.3 Å². The molecule has 2 aromatic carbocycles. The Kier molecular flexibility index (Phi) is 6.63. The lowest BCUT2D eigenvalue weighted by Gasteiger charge is -2.13. The predicted octanol–water partition coefficient (Wildman–Crippen LogP) is 3.95. The molecule has 0 aliphatic heterocycles. The van der Waals surface area contributed by atoms with Crippen molar-refractivity contribution in [2.75, 3.05) is 26.1 Å². The Morgan fingerprint density at radius 1 is 1.07 bits per heavy atom. The molecule has 1 amide bonds. The number of hydrogen-bond acceptors (Lipinski definition) is 5. The highest BCUT2D eigenvalue weighted by atomic mass is 19.1. The van der Waals surface area contributed by atoms with Gasteiger partial charge in [-0.2, -0.15) is 0 Å². The number of anilines is 2. The molecule has 0 aliphatic rings. The van der Waals surface area contributed by atoms with Gasteiger partial charge in [0.25, 0.3) is 5.91 Å². The molecule has 0 unspecified atom stereocenters. The number of amides is 1. The zero-order valence-electron chi connectivity index (χ0n) is 16.2. The maximum absolute atomic E-state index is 13.7. The molecule has 3 aromatic rings. The van der Waals surface area contributed by atoms with E-state index < -0.39 is 0 Å². The number of rotatable bonds is 8. The van der Waals surface area contributed by atoms with Crippen molar-refractivity contribution in [2.24, 2.45) is 0 Å². The third-order valence-corrected chi connectivity index (χ3v) is 4.32. The molecular formula is C22H22FN3O3. The van der Waals surface area contributed by atoms with Gasteiger partial charge in [0.05, 0.1) is 19.9 Å². The average molecular weight is 395 g/mol. The van der Waals surface area contributed by atoms with Gasteiger partial charge in [0.2, 0.25) is 0 Å². The van der Waals surface area contributed by atoms with Crippen LogP contribution in [0.3, 0.4) is 0 Å². The van der Waals surface area contributed by atoms with Gasteiger partial charge >= 0.3 is 0 Å². The first-order valence-corrected chi connectivity index (χ1v) is 9.07. The zero-order chi connectivity index (χ0) is 20.6. The van der Waals surface area contributed by atoms with Gasteiger partial charge in [-0.15, -0.1) is 0 Å². The average Bonchev–Trinajstić information content (AvgIpc) is 2.75. The van der Waals surface area contributed by atoms with E-state index in [0.717, 1.165) is 5.69 Å². The third kappa shape index (κ3) is 5.22. The normalized spacial score (nSPS) is 10.3. The van der Waals surface area contributed by atoms with Crippen molar-refractivity contribution >= 4 is 17.3 Å². The number of pyridine rings is 1. The first-order valence-electron chi connectivity index (χ1n) is 9.07. The summed E-state index contributed by atoms with van der Waals surface area (Å²) in [5.74, 6) is 0.681. The molecule has 0 atom stereocenters. The van der Waals surface area contributed by atoms with E-state index in [0.29, 0.717) is 35.7 Å². The standard InChI is InChI=1S/C22H22FN3O3/c1-28-17-7-8-19(21(14-17)29-2)26-16-10-12-24-20(13-16)22(27)25-11-9-15-5-3-4-6-18(15)23/h3-8,10,12-14H,9,11H2,1-2H3,(H,24,26)(H,25,27). The molecule has 0 saturated carbocycles. The Balaban J connectivity index is 1.64. The molecule has 0 aliphatic carbocycles. The molecule has 29 heavy (non-hydrogen) atoms. The monoisotopic (exact) mass is 395 g/mol. The number of benzene rings is 2. The molecule has 3 rings (SSSR count). The Hall–Kier alpha value is -3.61. The highest BCUT2D eigenvalue weighted by Crippen LogP contribution is 2.31.